The SMILES string of the molecule is CCn1cc(S(=O)(=O)N[C@H]2CN(C)C[C@@H]2C)cn1. The molecule has 1 aromatic heterocycles. The molecule has 0 unspecified atom stereocenters. The van der Waals surface area contributed by atoms with Gasteiger partial charge in [-0.1, -0.05) is 6.92 Å². The van der Waals surface area contributed by atoms with Gasteiger partial charge in [-0.15, -0.1) is 0 Å². The first-order valence-corrected chi connectivity index (χ1v) is 7.64. The molecule has 0 bridgehead atoms. The van der Waals surface area contributed by atoms with Crippen LogP contribution in [-0.4, -0.2) is 49.3 Å². The minimum absolute atomic E-state index is 0.0232. The van der Waals surface area contributed by atoms with E-state index < -0.39 is 10.0 Å². The van der Waals surface area contributed by atoms with Gasteiger partial charge in [-0.25, -0.2) is 13.1 Å². The predicted molar refractivity (Wildman–Crippen MR) is 68.7 cm³/mol. The number of hydrogen-bond acceptors (Lipinski definition) is 4. The van der Waals surface area contributed by atoms with Crippen molar-refractivity contribution in [3.63, 3.8) is 0 Å². The minimum atomic E-state index is -3.45. The zero-order chi connectivity index (χ0) is 13.3. The number of sulfonamides is 1. The molecule has 1 fully saturated rings. The van der Waals surface area contributed by atoms with E-state index in [1.807, 2.05) is 14.0 Å². The maximum atomic E-state index is 12.2. The van der Waals surface area contributed by atoms with Crippen LogP contribution in [0.15, 0.2) is 17.3 Å². The van der Waals surface area contributed by atoms with Crippen molar-refractivity contribution in [3.8, 4) is 0 Å². The van der Waals surface area contributed by atoms with Crippen molar-refractivity contribution < 1.29 is 8.42 Å². The summed E-state index contributed by atoms with van der Waals surface area (Å²) in [5.41, 5.74) is 0. The molecule has 102 valence electrons. The standard InChI is InChI=1S/C11H20N4O2S/c1-4-15-7-10(5-12-15)18(16,17)13-11-8-14(3)6-9(11)2/h5,7,9,11,13H,4,6,8H2,1-3H3/t9-,11-/m0/s1. The van der Waals surface area contributed by atoms with Gasteiger partial charge < -0.3 is 4.90 Å². The van der Waals surface area contributed by atoms with Crippen molar-refractivity contribution >= 4 is 10.0 Å². The lowest BCUT2D eigenvalue weighted by molar-refractivity contribution is 0.400. The second kappa shape index (κ2) is 4.99. The van der Waals surface area contributed by atoms with Gasteiger partial charge in [0.2, 0.25) is 10.0 Å². The molecule has 1 saturated heterocycles. The van der Waals surface area contributed by atoms with E-state index in [9.17, 15) is 8.42 Å². The Bertz CT molecular complexity index is 511. The van der Waals surface area contributed by atoms with Crippen LogP contribution in [0.2, 0.25) is 0 Å². The van der Waals surface area contributed by atoms with Gasteiger partial charge in [0.15, 0.2) is 0 Å². The summed E-state index contributed by atoms with van der Waals surface area (Å²) in [6.45, 7) is 6.32. The number of rotatable bonds is 4. The Morgan fingerprint density at radius 2 is 2.22 bits per heavy atom. The summed E-state index contributed by atoms with van der Waals surface area (Å²) in [6, 6.07) is -0.0232. The zero-order valence-corrected chi connectivity index (χ0v) is 11.8. The van der Waals surface area contributed by atoms with Crippen molar-refractivity contribution in [3.05, 3.63) is 12.4 Å². The van der Waals surface area contributed by atoms with Crippen LogP contribution in [0.4, 0.5) is 0 Å². The monoisotopic (exact) mass is 272 g/mol. The van der Waals surface area contributed by atoms with Gasteiger partial charge in [0.1, 0.15) is 4.90 Å². The van der Waals surface area contributed by atoms with Crippen molar-refractivity contribution in [2.45, 2.75) is 31.3 Å². The first-order chi connectivity index (χ1) is 8.42. The maximum Gasteiger partial charge on any atom is 0.243 e. The molecule has 0 spiro atoms. The molecule has 0 saturated carbocycles. The Morgan fingerprint density at radius 1 is 1.50 bits per heavy atom. The molecule has 1 N–H and O–H groups in total. The lowest BCUT2D eigenvalue weighted by Gasteiger charge is -2.15. The maximum absolute atomic E-state index is 12.2. The Labute approximate surface area is 108 Å². The summed E-state index contributed by atoms with van der Waals surface area (Å²) in [5.74, 6) is 0.325. The van der Waals surface area contributed by atoms with Crippen LogP contribution < -0.4 is 4.72 Å². The molecule has 0 aromatic carbocycles. The number of nitrogens with zero attached hydrogens (tertiary/aromatic N) is 3. The topological polar surface area (TPSA) is 67.2 Å². The van der Waals surface area contributed by atoms with Gasteiger partial charge in [0.05, 0.1) is 6.20 Å². The van der Waals surface area contributed by atoms with Gasteiger partial charge in [-0.05, 0) is 19.9 Å². The molecule has 0 amide bonds. The van der Waals surface area contributed by atoms with Crippen LogP contribution in [-0.2, 0) is 16.6 Å². The summed E-state index contributed by atoms with van der Waals surface area (Å²) in [5, 5.41) is 4.00. The van der Waals surface area contributed by atoms with Crippen LogP contribution in [0.5, 0.6) is 0 Å². The molecule has 0 radical (unpaired) electrons. The summed E-state index contributed by atoms with van der Waals surface area (Å²) in [4.78, 5) is 2.37. The van der Waals surface area contributed by atoms with E-state index >= 15 is 0 Å². The molecule has 1 aromatic rings. The Balaban J connectivity index is 2.12. The molecule has 6 nitrogen and oxygen atoms in total. The molecule has 7 heteroatoms. The molecule has 2 rings (SSSR count). The Morgan fingerprint density at radius 3 is 2.72 bits per heavy atom. The van der Waals surface area contributed by atoms with Crippen LogP contribution in [0.3, 0.4) is 0 Å². The third-order valence-corrected chi connectivity index (χ3v) is 4.79. The van der Waals surface area contributed by atoms with Gasteiger partial charge in [-0.2, -0.15) is 5.10 Å². The fourth-order valence-corrected chi connectivity index (χ4v) is 3.57. The normalized spacial score (nSPS) is 25.7. The van der Waals surface area contributed by atoms with Gasteiger partial charge in [0, 0.05) is 31.9 Å². The van der Waals surface area contributed by atoms with Crippen LogP contribution in [0.25, 0.3) is 0 Å². The first kappa shape index (κ1) is 13.5. The summed E-state index contributed by atoms with van der Waals surface area (Å²) >= 11 is 0. The van der Waals surface area contributed by atoms with Crippen LogP contribution in [0, 0.1) is 5.92 Å². The highest BCUT2D eigenvalue weighted by Gasteiger charge is 2.31. The number of hydrogen-bond donors (Lipinski definition) is 1. The number of aromatic nitrogens is 2. The number of aryl methyl sites for hydroxylation is 1. The minimum Gasteiger partial charge on any atom is -0.304 e. The molecule has 18 heavy (non-hydrogen) atoms. The fraction of sp³-hybridized carbons (Fsp3) is 0.727. The molecule has 0 aliphatic carbocycles. The molecular weight excluding hydrogens is 252 g/mol. The van der Waals surface area contributed by atoms with Gasteiger partial charge in [-0.3, -0.25) is 4.68 Å². The average Bonchev–Trinajstić information content (AvgIpc) is 2.86. The van der Waals surface area contributed by atoms with Crippen molar-refractivity contribution in [1.82, 2.24) is 19.4 Å². The van der Waals surface area contributed by atoms with Gasteiger partial charge in [0.25, 0.3) is 0 Å². The largest absolute Gasteiger partial charge is 0.304 e. The summed E-state index contributed by atoms with van der Waals surface area (Å²) in [7, 11) is -1.45. The average molecular weight is 272 g/mol. The lowest BCUT2D eigenvalue weighted by atomic mass is 10.1. The van der Waals surface area contributed by atoms with Crippen LogP contribution in [0.1, 0.15) is 13.8 Å². The first-order valence-electron chi connectivity index (χ1n) is 6.15. The molecule has 2 atom stereocenters. The number of nitrogens with one attached hydrogen (secondary N) is 1. The van der Waals surface area contributed by atoms with Crippen LogP contribution >= 0.6 is 0 Å². The van der Waals surface area contributed by atoms with Crippen molar-refractivity contribution in [2.24, 2.45) is 5.92 Å². The van der Waals surface area contributed by atoms with E-state index in [2.05, 4.69) is 21.6 Å². The highest BCUT2D eigenvalue weighted by molar-refractivity contribution is 7.89. The van der Waals surface area contributed by atoms with Gasteiger partial charge >= 0.3 is 0 Å². The van der Waals surface area contributed by atoms with E-state index in [0.717, 1.165) is 13.1 Å². The molecule has 1 aliphatic rings. The number of likely N-dealkylation sites (N-methyl/N-ethyl adjacent to an activating group) is 1. The summed E-state index contributed by atoms with van der Waals surface area (Å²) in [6.07, 6.45) is 2.96. The molecular formula is C11H20N4O2S. The van der Waals surface area contributed by atoms with E-state index in [4.69, 9.17) is 0 Å². The van der Waals surface area contributed by atoms with E-state index in [-0.39, 0.29) is 10.9 Å². The van der Waals surface area contributed by atoms with E-state index in [1.54, 1.807) is 10.9 Å². The quantitative estimate of drug-likeness (QED) is 0.846. The lowest BCUT2D eigenvalue weighted by Crippen LogP contribution is -2.39. The summed E-state index contributed by atoms with van der Waals surface area (Å²) < 4.78 is 28.7. The van der Waals surface area contributed by atoms with Crippen molar-refractivity contribution in [1.29, 1.82) is 0 Å². The third kappa shape index (κ3) is 2.73. The zero-order valence-electron chi connectivity index (χ0n) is 11.0. The van der Waals surface area contributed by atoms with Crippen molar-refractivity contribution in [2.75, 3.05) is 20.1 Å². The van der Waals surface area contributed by atoms with E-state index in [0.29, 0.717) is 12.5 Å². The number of likely N-dealkylation sites (tertiary alicyclic amines) is 1. The Hall–Kier alpha value is -0.920. The predicted octanol–water partition coefficient (Wildman–Crippen LogP) is 0.131. The second-order valence-electron chi connectivity index (χ2n) is 4.96. The second-order valence-corrected chi connectivity index (χ2v) is 6.67. The molecule has 1 aliphatic heterocycles. The highest BCUT2D eigenvalue weighted by atomic mass is 32.2. The third-order valence-electron chi connectivity index (χ3n) is 3.35. The Kier molecular flexibility index (Phi) is 3.74. The molecule has 2 heterocycles. The smallest absolute Gasteiger partial charge is 0.243 e. The fourth-order valence-electron chi connectivity index (χ4n) is 2.29. The van der Waals surface area contributed by atoms with E-state index in [1.165, 1.54) is 6.20 Å². The highest BCUT2D eigenvalue weighted by Crippen LogP contribution is 2.17.